The number of pyridine rings is 1. The van der Waals surface area contributed by atoms with Crippen LogP contribution in [0.1, 0.15) is 20.8 Å². The van der Waals surface area contributed by atoms with E-state index in [0.717, 1.165) is 23.9 Å². The summed E-state index contributed by atoms with van der Waals surface area (Å²) in [5.74, 6) is -2.53. The molecule has 8 nitrogen and oxygen atoms in total. The van der Waals surface area contributed by atoms with E-state index in [1.54, 1.807) is 26.8 Å². The van der Waals surface area contributed by atoms with Crippen LogP contribution in [-0.2, 0) is 14.8 Å². The lowest BCUT2D eigenvalue weighted by Crippen LogP contribution is -2.30. The molecule has 3 rings (SSSR count). The molecular formula is C19H21F2N5O3S2. The predicted octanol–water partition coefficient (Wildman–Crippen LogP) is 3.16. The van der Waals surface area contributed by atoms with Crippen molar-refractivity contribution in [3.05, 3.63) is 48.2 Å². The first-order valence-corrected chi connectivity index (χ1v) is 11.8. The Hall–Kier alpha value is -2.57. The molecule has 1 aromatic carbocycles. The normalized spacial score (nSPS) is 13.0. The van der Waals surface area contributed by atoms with E-state index in [9.17, 15) is 22.0 Å². The summed E-state index contributed by atoms with van der Waals surface area (Å²) in [7, 11) is -3.68. The number of nitrogens with one attached hydrogen (secondary N) is 1. The van der Waals surface area contributed by atoms with E-state index in [-0.39, 0.29) is 10.6 Å². The van der Waals surface area contributed by atoms with Gasteiger partial charge in [-0.05, 0) is 31.2 Å². The van der Waals surface area contributed by atoms with Gasteiger partial charge in [-0.3, -0.25) is 9.20 Å². The molecule has 1 amide bonds. The Morgan fingerprint density at radius 2 is 1.87 bits per heavy atom. The summed E-state index contributed by atoms with van der Waals surface area (Å²) >= 11 is 1.05. The van der Waals surface area contributed by atoms with Crippen LogP contribution < -0.4 is 5.32 Å². The fourth-order valence-electron chi connectivity index (χ4n) is 2.83. The van der Waals surface area contributed by atoms with Gasteiger partial charge in [0.25, 0.3) is 0 Å². The Morgan fingerprint density at radius 3 is 2.52 bits per heavy atom. The Labute approximate surface area is 182 Å². The summed E-state index contributed by atoms with van der Waals surface area (Å²) in [6, 6.07) is 6.07. The average Bonchev–Trinajstić information content (AvgIpc) is 3.13. The molecule has 3 aromatic rings. The number of thioether (sulfide) groups is 1. The monoisotopic (exact) mass is 469 g/mol. The van der Waals surface area contributed by atoms with Crippen molar-refractivity contribution in [1.82, 2.24) is 18.9 Å². The van der Waals surface area contributed by atoms with Crippen LogP contribution in [0.2, 0.25) is 0 Å². The third-order valence-electron chi connectivity index (χ3n) is 4.53. The minimum absolute atomic E-state index is 0.0873. The molecule has 0 radical (unpaired) electrons. The van der Waals surface area contributed by atoms with Gasteiger partial charge in [0.05, 0.1) is 10.1 Å². The molecule has 0 aliphatic rings. The van der Waals surface area contributed by atoms with Crippen molar-refractivity contribution >= 4 is 39.0 Å². The molecule has 2 aromatic heterocycles. The fourth-order valence-corrected chi connectivity index (χ4v) is 5.11. The van der Waals surface area contributed by atoms with Crippen LogP contribution in [0.3, 0.4) is 0 Å². The maximum absolute atomic E-state index is 13.3. The van der Waals surface area contributed by atoms with E-state index >= 15 is 0 Å². The average molecular weight is 470 g/mol. The number of aromatic nitrogens is 3. The van der Waals surface area contributed by atoms with Crippen molar-refractivity contribution in [1.29, 1.82) is 0 Å². The minimum atomic E-state index is -3.68. The molecule has 0 aliphatic heterocycles. The highest BCUT2D eigenvalue weighted by atomic mass is 32.2. The van der Waals surface area contributed by atoms with Crippen LogP contribution in [0.5, 0.6) is 0 Å². The smallest absolute Gasteiger partial charge is 0.244 e. The first-order valence-electron chi connectivity index (χ1n) is 9.44. The number of nitrogens with zero attached hydrogens (tertiary/aromatic N) is 4. The summed E-state index contributed by atoms with van der Waals surface area (Å²) in [6.45, 7) is 5.79. The van der Waals surface area contributed by atoms with E-state index in [1.807, 2.05) is 0 Å². The number of carbonyl (C=O) groups excluding carboxylic acids is 1. The highest BCUT2D eigenvalue weighted by Crippen LogP contribution is 2.25. The van der Waals surface area contributed by atoms with Crippen molar-refractivity contribution in [3.8, 4) is 0 Å². The Morgan fingerprint density at radius 1 is 1.16 bits per heavy atom. The van der Waals surface area contributed by atoms with Gasteiger partial charge in [0.1, 0.15) is 0 Å². The van der Waals surface area contributed by atoms with Crippen LogP contribution in [0, 0.1) is 11.6 Å². The molecule has 0 saturated heterocycles. The first kappa shape index (κ1) is 23.1. The molecular weight excluding hydrogens is 448 g/mol. The van der Waals surface area contributed by atoms with Gasteiger partial charge in [0.15, 0.2) is 22.4 Å². The molecule has 12 heteroatoms. The number of rotatable bonds is 8. The largest absolute Gasteiger partial charge is 0.325 e. The number of hydrogen-bond acceptors (Lipinski definition) is 6. The van der Waals surface area contributed by atoms with Crippen molar-refractivity contribution in [2.75, 3.05) is 18.4 Å². The molecule has 0 saturated carbocycles. The lowest BCUT2D eigenvalue weighted by Gasteiger charge is -2.18. The van der Waals surface area contributed by atoms with Crippen molar-refractivity contribution in [2.24, 2.45) is 0 Å². The molecule has 1 unspecified atom stereocenters. The zero-order chi connectivity index (χ0) is 22.8. The topological polar surface area (TPSA) is 96.7 Å². The standard InChI is InChI=1S/C19H21F2N5O3S2/c1-4-25(5-2)31(28,29)14-7-9-17-23-24-19(26(17)11-14)30-12(3)18(27)22-13-6-8-15(20)16(21)10-13/h6-12H,4-5H2,1-3H3,(H,22,27). The molecule has 1 N–H and O–H groups in total. The highest BCUT2D eigenvalue weighted by molar-refractivity contribution is 8.00. The summed E-state index contributed by atoms with van der Waals surface area (Å²) in [5, 5.41) is 10.2. The summed E-state index contributed by atoms with van der Waals surface area (Å²) < 4.78 is 54.8. The van der Waals surface area contributed by atoms with E-state index in [1.165, 1.54) is 27.0 Å². The predicted molar refractivity (Wildman–Crippen MR) is 113 cm³/mol. The zero-order valence-electron chi connectivity index (χ0n) is 17.0. The third-order valence-corrected chi connectivity index (χ3v) is 7.62. The van der Waals surface area contributed by atoms with E-state index in [2.05, 4.69) is 15.5 Å². The summed E-state index contributed by atoms with van der Waals surface area (Å²) in [5.41, 5.74) is 0.546. The second kappa shape index (κ2) is 9.28. The van der Waals surface area contributed by atoms with Crippen molar-refractivity contribution in [2.45, 2.75) is 36.1 Å². The number of halogens is 2. The quantitative estimate of drug-likeness (QED) is 0.509. The number of benzene rings is 1. The second-order valence-electron chi connectivity index (χ2n) is 6.54. The van der Waals surface area contributed by atoms with Crippen molar-refractivity contribution in [3.63, 3.8) is 0 Å². The van der Waals surface area contributed by atoms with E-state index in [0.29, 0.717) is 23.9 Å². The number of fused-ring (bicyclic) bond motifs is 1. The van der Waals surface area contributed by atoms with Crippen molar-refractivity contribution < 1.29 is 22.0 Å². The van der Waals surface area contributed by atoms with Gasteiger partial charge in [0.2, 0.25) is 15.9 Å². The van der Waals surface area contributed by atoms with E-state index < -0.39 is 32.8 Å². The molecule has 0 bridgehead atoms. The van der Waals surface area contributed by atoms with Crippen LogP contribution in [0.4, 0.5) is 14.5 Å². The Kier molecular flexibility index (Phi) is 6.92. The van der Waals surface area contributed by atoms with Gasteiger partial charge >= 0.3 is 0 Å². The molecule has 166 valence electrons. The maximum atomic E-state index is 13.3. The highest BCUT2D eigenvalue weighted by Gasteiger charge is 2.24. The Balaban J connectivity index is 1.82. The lowest BCUT2D eigenvalue weighted by molar-refractivity contribution is -0.115. The zero-order valence-corrected chi connectivity index (χ0v) is 18.7. The number of hydrogen-bond donors (Lipinski definition) is 1. The number of sulfonamides is 1. The lowest BCUT2D eigenvalue weighted by atomic mass is 10.3. The van der Waals surface area contributed by atoms with Gasteiger partial charge in [-0.25, -0.2) is 17.2 Å². The third kappa shape index (κ3) is 4.86. The maximum Gasteiger partial charge on any atom is 0.244 e. The van der Waals surface area contributed by atoms with Gasteiger partial charge in [-0.2, -0.15) is 4.31 Å². The van der Waals surface area contributed by atoms with Gasteiger partial charge in [-0.1, -0.05) is 25.6 Å². The molecule has 0 aliphatic carbocycles. The van der Waals surface area contributed by atoms with Crippen LogP contribution in [-0.4, -0.2) is 51.6 Å². The number of amides is 1. The van der Waals surface area contributed by atoms with Gasteiger partial charge < -0.3 is 5.32 Å². The molecule has 1 atom stereocenters. The van der Waals surface area contributed by atoms with Crippen LogP contribution in [0.25, 0.3) is 5.65 Å². The second-order valence-corrected chi connectivity index (χ2v) is 9.79. The van der Waals surface area contributed by atoms with Crippen LogP contribution in [0.15, 0.2) is 46.6 Å². The SMILES string of the molecule is CCN(CC)S(=O)(=O)c1ccc2nnc(SC(C)C(=O)Nc3ccc(F)c(F)c3)n2c1. The van der Waals surface area contributed by atoms with Gasteiger partial charge in [0, 0.05) is 31.0 Å². The van der Waals surface area contributed by atoms with Crippen LogP contribution >= 0.6 is 11.8 Å². The number of carbonyl (C=O) groups is 1. The Bertz CT molecular complexity index is 1210. The molecule has 2 heterocycles. The molecule has 0 fully saturated rings. The minimum Gasteiger partial charge on any atom is -0.325 e. The van der Waals surface area contributed by atoms with Gasteiger partial charge in [-0.15, -0.1) is 10.2 Å². The molecule has 0 spiro atoms. The first-order chi connectivity index (χ1) is 14.7. The van der Waals surface area contributed by atoms with E-state index in [4.69, 9.17) is 0 Å². The molecule has 31 heavy (non-hydrogen) atoms. The fraction of sp³-hybridized carbons (Fsp3) is 0.316. The summed E-state index contributed by atoms with van der Waals surface area (Å²) in [4.78, 5) is 12.5. The summed E-state index contributed by atoms with van der Waals surface area (Å²) in [6.07, 6.45) is 1.42. The number of anilines is 1.